The number of morpholine rings is 1. The number of unbranched alkanes of at least 4 members (excludes halogenated alkanes) is 2. The molecule has 21 heavy (non-hydrogen) atoms. The van der Waals surface area contributed by atoms with Crippen molar-refractivity contribution >= 4 is 0 Å². The van der Waals surface area contributed by atoms with Gasteiger partial charge in [0.05, 0.1) is 19.8 Å². The summed E-state index contributed by atoms with van der Waals surface area (Å²) in [4.78, 5) is 2.50. The molecule has 0 spiro atoms. The van der Waals surface area contributed by atoms with Gasteiger partial charge in [0.25, 0.3) is 0 Å². The molecule has 1 saturated heterocycles. The summed E-state index contributed by atoms with van der Waals surface area (Å²) in [5.41, 5.74) is 3.81. The highest BCUT2D eigenvalue weighted by molar-refractivity contribution is 5.42. The van der Waals surface area contributed by atoms with Crippen molar-refractivity contribution in [2.24, 2.45) is 0 Å². The van der Waals surface area contributed by atoms with Gasteiger partial charge >= 0.3 is 0 Å². The predicted octanol–water partition coefficient (Wildman–Crippen LogP) is 3.49. The van der Waals surface area contributed by atoms with Gasteiger partial charge in [0, 0.05) is 13.1 Å². The largest absolute Gasteiger partial charge is 0.493 e. The van der Waals surface area contributed by atoms with Crippen LogP contribution in [0.2, 0.25) is 0 Å². The van der Waals surface area contributed by atoms with E-state index in [0.29, 0.717) is 0 Å². The Bertz CT molecular complexity index is 416. The molecule has 3 heteroatoms. The Balaban J connectivity index is 1.61. The molecular weight excluding hydrogens is 262 g/mol. The monoisotopic (exact) mass is 291 g/mol. The fraction of sp³-hybridized carbons (Fsp3) is 0.667. The van der Waals surface area contributed by atoms with E-state index in [1.807, 2.05) is 0 Å². The highest BCUT2D eigenvalue weighted by Gasteiger charge is 2.09. The molecule has 118 valence electrons. The van der Waals surface area contributed by atoms with Gasteiger partial charge < -0.3 is 9.47 Å². The molecule has 1 aliphatic rings. The lowest BCUT2D eigenvalue weighted by Gasteiger charge is -2.26. The molecule has 0 radical (unpaired) electrons. The molecule has 1 aromatic rings. The third-order valence-corrected chi connectivity index (χ3v) is 4.07. The van der Waals surface area contributed by atoms with Gasteiger partial charge in [-0.05, 0) is 57.7 Å². The third-order valence-electron chi connectivity index (χ3n) is 4.07. The van der Waals surface area contributed by atoms with E-state index < -0.39 is 0 Å². The number of hydrogen-bond acceptors (Lipinski definition) is 3. The van der Waals surface area contributed by atoms with E-state index in [9.17, 15) is 0 Å². The molecule has 1 heterocycles. The summed E-state index contributed by atoms with van der Waals surface area (Å²) in [6, 6.07) is 4.39. The summed E-state index contributed by atoms with van der Waals surface area (Å²) in [5, 5.41) is 0. The van der Waals surface area contributed by atoms with E-state index in [2.05, 4.69) is 37.8 Å². The van der Waals surface area contributed by atoms with E-state index in [4.69, 9.17) is 9.47 Å². The Morgan fingerprint density at radius 1 is 1.00 bits per heavy atom. The van der Waals surface area contributed by atoms with Gasteiger partial charge in [-0.1, -0.05) is 17.7 Å². The summed E-state index contributed by atoms with van der Waals surface area (Å²) in [6.45, 7) is 12.4. The molecule has 1 aliphatic heterocycles. The lowest BCUT2D eigenvalue weighted by molar-refractivity contribution is 0.0370. The van der Waals surface area contributed by atoms with Gasteiger partial charge in [0.15, 0.2) is 0 Å². The molecule has 0 atom stereocenters. The van der Waals surface area contributed by atoms with E-state index >= 15 is 0 Å². The van der Waals surface area contributed by atoms with Gasteiger partial charge in [-0.15, -0.1) is 0 Å². The molecule has 1 fully saturated rings. The number of rotatable bonds is 7. The number of benzene rings is 1. The lowest BCUT2D eigenvalue weighted by atomic mass is 10.1. The van der Waals surface area contributed by atoms with Crippen LogP contribution in [0.25, 0.3) is 0 Å². The van der Waals surface area contributed by atoms with Crippen LogP contribution in [0.5, 0.6) is 5.75 Å². The maximum Gasteiger partial charge on any atom is 0.125 e. The molecule has 2 rings (SSSR count). The van der Waals surface area contributed by atoms with Crippen LogP contribution in [-0.2, 0) is 4.74 Å². The van der Waals surface area contributed by atoms with Crippen molar-refractivity contribution in [3.63, 3.8) is 0 Å². The number of ether oxygens (including phenoxy) is 2. The Morgan fingerprint density at radius 2 is 1.67 bits per heavy atom. The first-order valence-electron chi connectivity index (χ1n) is 8.17. The molecule has 0 unspecified atom stereocenters. The molecule has 0 aromatic heterocycles. The van der Waals surface area contributed by atoms with Crippen LogP contribution in [0.15, 0.2) is 12.1 Å². The Hall–Kier alpha value is -1.06. The summed E-state index contributed by atoms with van der Waals surface area (Å²) in [5.74, 6) is 1.08. The normalized spacial score (nSPS) is 16.1. The van der Waals surface area contributed by atoms with Crippen LogP contribution >= 0.6 is 0 Å². The average molecular weight is 291 g/mol. The number of hydrogen-bond donors (Lipinski definition) is 0. The highest BCUT2D eigenvalue weighted by atomic mass is 16.5. The molecule has 0 bridgehead atoms. The van der Waals surface area contributed by atoms with Crippen LogP contribution in [0.4, 0.5) is 0 Å². The minimum absolute atomic E-state index is 0.827. The SMILES string of the molecule is Cc1cc(C)c(OCCCCCN2CCOCC2)c(C)c1. The molecule has 0 N–H and O–H groups in total. The molecule has 3 nitrogen and oxygen atoms in total. The van der Waals surface area contributed by atoms with Crippen molar-refractivity contribution < 1.29 is 9.47 Å². The fourth-order valence-corrected chi connectivity index (χ4v) is 3.01. The second-order valence-electron chi connectivity index (χ2n) is 6.09. The molecule has 0 aliphatic carbocycles. The summed E-state index contributed by atoms with van der Waals surface area (Å²) < 4.78 is 11.3. The van der Waals surface area contributed by atoms with Crippen LogP contribution in [0, 0.1) is 20.8 Å². The van der Waals surface area contributed by atoms with Crippen LogP contribution in [0.1, 0.15) is 36.0 Å². The smallest absolute Gasteiger partial charge is 0.125 e. The second-order valence-corrected chi connectivity index (χ2v) is 6.09. The molecule has 1 aromatic carbocycles. The van der Waals surface area contributed by atoms with Crippen molar-refractivity contribution in [3.8, 4) is 5.75 Å². The summed E-state index contributed by atoms with van der Waals surface area (Å²) >= 11 is 0. The third kappa shape index (κ3) is 5.33. The van der Waals surface area contributed by atoms with Crippen LogP contribution < -0.4 is 4.74 Å². The second kappa shape index (κ2) is 8.40. The zero-order chi connectivity index (χ0) is 15.1. The first-order chi connectivity index (χ1) is 10.2. The zero-order valence-electron chi connectivity index (χ0n) is 13.8. The minimum atomic E-state index is 0.827. The topological polar surface area (TPSA) is 21.7 Å². The van der Waals surface area contributed by atoms with E-state index in [1.54, 1.807) is 0 Å². The van der Waals surface area contributed by atoms with Gasteiger partial charge in [-0.3, -0.25) is 4.90 Å². The predicted molar refractivity (Wildman–Crippen MR) is 87.3 cm³/mol. The quantitative estimate of drug-likeness (QED) is 0.718. The fourth-order valence-electron chi connectivity index (χ4n) is 3.01. The standard InChI is InChI=1S/C18H29NO2/c1-15-13-16(2)18(17(3)14-15)21-10-6-4-5-7-19-8-11-20-12-9-19/h13-14H,4-12H2,1-3H3. The lowest BCUT2D eigenvalue weighted by Crippen LogP contribution is -2.36. The van der Waals surface area contributed by atoms with Crippen LogP contribution in [0.3, 0.4) is 0 Å². The average Bonchev–Trinajstić information content (AvgIpc) is 2.45. The maximum absolute atomic E-state index is 5.98. The molecule has 0 amide bonds. The van der Waals surface area contributed by atoms with Crippen molar-refractivity contribution in [2.75, 3.05) is 39.5 Å². The van der Waals surface area contributed by atoms with Gasteiger partial charge in [0.1, 0.15) is 5.75 Å². The Labute approximate surface area is 129 Å². The van der Waals surface area contributed by atoms with Gasteiger partial charge in [-0.2, -0.15) is 0 Å². The minimum Gasteiger partial charge on any atom is -0.493 e. The van der Waals surface area contributed by atoms with Crippen molar-refractivity contribution in [1.29, 1.82) is 0 Å². The maximum atomic E-state index is 5.98. The van der Waals surface area contributed by atoms with Crippen molar-refractivity contribution in [1.82, 2.24) is 4.90 Å². The number of nitrogens with zero attached hydrogens (tertiary/aromatic N) is 1. The van der Waals surface area contributed by atoms with Crippen LogP contribution in [-0.4, -0.2) is 44.4 Å². The first kappa shape index (κ1) is 16.3. The summed E-state index contributed by atoms with van der Waals surface area (Å²) in [7, 11) is 0. The van der Waals surface area contributed by atoms with E-state index in [-0.39, 0.29) is 0 Å². The van der Waals surface area contributed by atoms with E-state index in [1.165, 1.54) is 36.1 Å². The van der Waals surface area contributed by atoms with Crippen molar-refractivity contribution in [2.45, 2.75) is 40.0 Å². The zero-order valence-corrected chi connectivity index (χ0v) is 13.8. The Kier molecular flexibility index (Phi) is 6.52. The van der Waals surface area contributed by atoms with Gasteiger partial charge in [-0.25, -0.2) is 0 Å². The first-order valence-corrected chi connectivity index (χ1v) is 8.17. The Morgan fingerprint density at radius 3 is 2.33 bits per heavy atom. The van der Waals surface area contributed by atoms with Crippen molar-refractivity contribution in [3.05, 3.63) is 28.8 Å². The van der Waals surface area contributed by atoms with E-state index in [0.717, 1.165) is 45.1 Å². The summed E-state index contributed by atoms with van der Waals surface area (Å²) in [6.07, 6.45) is 3.63. The number of aryl methyl sites for hydroxylation is 3. The molecule has 0 saturated carbocycles. The highest BCUT2D eigenvalue weighted by Crippen LogP contribution is 2.24. The van der Waals surface area contributed by atoms with Gasteiger partial charge in [0.2, 0.25) is 0 Å². The molecular formula is C18H29NO2.